The first-order chi connectivity index (χ1) is 13.1. The van der Waals surface area contributed by atoms with Gasteiger partial charge < -0.3 is 4.98 Å². The molecule has 0 aliphatic heterocycles. The molecule has 0 aliphatic carbocycles. The van der Waals surface area contributed by atoms with Gasteiger partial charge in [0.25, 0.3) is 0 Å². The van der Waals surface area contributed by atoms with Crippen molar-refractivity contribution < 1.29 is 0 Å². The number of H-pyrrole nitrogens is 1. The Balaban J connectivity index is 2.11. The van der Waals surface area contributed by atoms with Gasteiger partial charge in [-0.3, -0.25) is 0 Å². The smallest absolute Gasteiger partial charge is 0.0547 e. The monoisotopic (exact) mass is 433 g/mol. The van der Waals surface area contributed by atoms with Crippen LogP contribution in [0.25, 0.3) is 32.9 Å². The third-order valence-electron chi connectivity index (χ3n) is 5.56. The van der Waals surface area contributed by atoms with Crippen LogP contribution in [0.4, 0.5) is 0 Å². The van der Waals surface area contributed by atoms with Gasteiger partial charge in [0.05, 0.1) is 5.52 Å². The van der Waals surface area contributed by atoms with Crippen LogP contribution in [-0.4, -0.2) is 4.98 Å². The lowest BCUT2D eigenvalue weighted by Gasteiger charge is -2.24. The molecule has 0 saturated heterocycles. The Bertz CT molecular complexity index is 1180. The maximum Gasteiger partial charge on any atom is 0.0547 e. The van der Waals surface area contributed by atoms with Gasteiger partial charge in [-0.25, -0.2) is 0 Å². The molecule has 2 heteroatoms. The molecule has 0 amide bonds. The minimum Gasteiger partial charge on any atom is -0.354 e. The largest absolute Gasteiger partial charge is 0.354 e. The first kappa shape index (κ1) is 19.3. The highest BCUT2D eigenvalue weighted by Crippen LogP contribution is 2.41. The number of aromatic amines is 1. The first-order valence-corrected chi connectivity index (χ1v) is 10.7. The zero-order chi connectivity index (χ0) is 20.3. The second-order valence-electron chi connectivity index (χ2n) is 9.81. The average Bonchev–Trinajstić information content (AvgIpc) is 2.97. The van der Waals surface area contributed by atoms with E-state index in [4.69, 9.17) is 0 Å². The predicted octanol–water partition coefficient (Wildman–Crippen LogP) is 8.35. The fraction of sp³-hybridized carbons (Fsp3) is 0.308. The molecule has 1 heterocycles. The SMILES string of the molecule is CC(C)(C)c1ccc2[nH]c3c(-c4cccc(Br)c4)c(C(C)(C)C)ccc3c2c1. The number of hydrogen-bond acceptors (Lipinski definition) is 0. The lowest BCUT2D eigenvalue weighted by atomic mass is 9.80. The lowest BCUT2D eigenvalue weighted by Crippen LogP contribution is -2.13. The summed E-state index contributed by atoms with van der Waals surface area (Å²) in [5.74, 6) is 0. The molecular weight excluding hydrogens is 406 g/mol. The molecule has 4 rings (SSSR count). The summed E-state index contributed by atoms with van der Waals surface area (Å²) in [5.41, 5.74) is 7.89. The molecule has 0 unspecified atom stereocenters. The summed E-state index contributed by atoms with van der Waals surface area (Å²) >= 11 is 3.65. The van der Waals surface area contributed by atoms with E-state index < -0.39 is 0 Å². The number of halogens is 1. The Kier molecular flexibility index (Phi) is 4.46. The van der Waals surface area contributed by atoms with Crippen LogP contribution < -0.4 is 0 Å². The molecule has 1 nitrogen and oxygen atoms in total. The molecule has 0 fully saturated rings. The third kappa shape index (κ3) is 3.28. The quantitative estimate of drug-likeness (QED) is 0.310. The van der Waals surface area contributed by atoms with Crippen LogP contribution in [0.1, 0.15) is 52.7 Å². The molecule has 0 bridgehead atoms. The predicted molar refractivity (Wildman–Crippen MR) is 126 cm³/mol. The van der Waals surface area contributed by atoms with Crippen molar-refractivity contribution in [1.29, 1.82) is 0 Å². The lowest BCUT2D eigenvalue weighted by molar-refractivity contribution is 0.591. The van der Waals surface area contributed by atoms with Crippen molar-refractivity contribution in [3.05, 3.63) is 70.2 Å². The van der Waals surface area contributed by atoms with Crippen molar-refractivity contribution >= 4 is 37.7 Å². The normalized spacial score (nSPS) is 12.8. The maximum atomic E-state index is 3.74. The molecule has 28 heavy (non-hydrogen) atoms. The zero-order valence-electron chi connectivity index (χ0n) is 17.6. The molecule has 144 valence electrons. The van der Waals surface area contributed by atoms with E-state index in [1.165, 1.54) is 44.1 Å². The Hall–Kier alpha value is -2.06. The van der Waals surface area contributed by atoms with Crippen LogP contribution >= 0.6 is 15.9 Å². The van der Waals surface area contributed by atoms with E-state index in [-0.39, 0.29) is 10.8 Å². The van der Waals surface area contributed by atoms with Crippen molar-refractivity contribution in [1.82, 2.24) is 4.98 Å². The molecule has 0 spiro atoms. The number of rotatable bonds is 1. The van der Waals surface area contributed by atoms with Crippen LogP contribution in [0.15, 0.2) is 59.1 Å². The highest BCUT2D eigenvalue weighted by molar-refractivity contribution is 9.10. The molecule has 0 aliphatic rings. The van der Waals surface area contributed by atoms with Gasteiger partial charge in [0.15, 0.2) is 0 Å². The molecule has 4 aromatic rings. The van der Waals surface area contributed by atoms with Crippen molar-refractivity contribution in [2.75, 3.05) is 0 Å². The van der Waals surface area contributed by atoms with Gasteiger partial charge in [-0.2, -0.15) is 0 Å². The van der Waals surface area contributed by atoms with Crippen molar-refractivity contribution in [3.63, 3.8) is 0 Å². The van der Waals surface area contributed by atoms with Crippen LogP contribution in [-0.2, 0) is 10.8 Å². The molecular formula is C26H28BrN. The standard InChI is InChI=1S/C26H28BrN/c1-25(2,3)17-10-13-22-20(15-17)19-11-12-21(26(4,5)6)23(24(19)28-22)16-8-7-9-18(27)14-16/h7-15,28H,1-6H3. The Morgan fingerprint density at radius 2 is 1.50 bits per heavy atom. The van der Waals surface area contributed by atoms with Gasteiger partial charge in [0, 0.05) is 26.3 Å². The molecule has 3 aromatic carbocycles. The summed E-state index contributed by atoms with van der Waals surface area (Å²) in [6, 6.07) is 20.1. The average molecular weight is 434 g/mol. The van der Waals surface area contributed by atoms with E-state index >= 15 is 0 Å². The number of fused-ring (bicyclic) bond motifs is 3. The van der Waals surface area contributed by atoms with Gasteiger partial charge >= 0.3 is 0 Å². The fourth-order valence-electron chi connectivity index (χ4n) is 4.00. The summed E-state index contributed by atoms with van der Waals surface area (Å²) in [5, 5.41) is 2.60. The minimum absolute atomic E-state index is 0.0553. The van der Waals surface area contributed by atoms with Gasteiger partial charge in [-0.05, 0) is 51.8 Å². The van der Waals surface area contributed by atoms with Gasteiger partial charge in [0.1, 0.15) is 0 Å². The van der Waals surface area contributed by atoms with Crippen molar-refractivity contribution in [2.24, 2.45) is 0 Å². The van der Waals surface area contributed by atoms with Crippen LogP contribution in [0.3, 0.4) is 0 Å². The van der Waals surface area contributed by atoms with Gasteiger partial charge in [-0.1, -0.05) is 87.8 Å². The zero-order valence-corrected chi connectivity index (χ0v) is 19.2. The van der Waals surface area contributed by atoms with Crippen molar-refractivity contribution in [2.45, 2.75) is 52.4 Å². The Morgan fingerprint density at radius 3 is 2.14 bits per heavy atom. The highest BCUT2D eigenvalue weighted by Gasteiger charge is 2.23. The summed E-state index contributed by atoms with van der Waals surface area (Å²) < 4.78 is 1.10. The topological polar surface area (TPSA) is 15.8 Å². The van der Waals surface area contributed by atoms with E-state index in [0.717, 1.165) is 4.47 Å². The first-order valence-electron chi connectivity index (χ1n) is 9.91. The fourth-order valence-corrected chi connectivity index (χ4v) is 4.40. The van der Waals surface area contributed by atoms with Crippen LogP contribution in [0.2, 0.25) is 0 Å². The van der Waals surface area contributed by atoms with Gasteiger partial charge in [-0.15, -0.1) is 0 Å². The minimum atomic E-state index is 0.0553. The van der Waals surface area contributed by atoms with E-state index in [9.17, 15) is 0 Å². The summed E-state index contributed by atoms with van der Waals surface area (Å²) in [6.45, 7) is 13.7. The van der Waals surface area contributed by atoms with Crippen LogP contribution in [0.5, 0.6) is 0 Å². The highest BCUT2D eigenvalue weighted by atomic mass is 79.9. The Morgan fingerprint density at radius 1 is 0.750 bits per heavy atom. The summed E-state index contributed by atoms with van der Waals surface area (Å²) in [4.78, 5) is 3.74. The molecule has 0 saturated carbocycles. The van der Waals surface area contributed by atoms with Gasteiger partial charge in [0.2, 0.25) is 0 Å². The number of nitrogens with one attached hydrogen (secondary N) is 1. The summed E-state index contributed by atoms with van der Waals surface area (Å²) in [7, 11) is 0. The number of benzene rings is 3. The molecule has 0 atom stereocenters. The maximum absolute atomic E-state index is 3.74. The van der Waals surface area contributed by atoms with E-state index in [2.05, 4.69) is 117 Å². The number of hydrogen-bond donors (Lipinski definition) is 1. The van der Waals surface area contributed by atoms with E-state index in [1.807, 2.05) is 0 Å². The third-order valence-corrected chi connectivity index (χ3v) is 6.06. The van der Waals surface area contributed by atoms with Crippen molar-refractivity contribution in [3.8, 4) is 11.1 Å². The van der Waals surface area contributed by atoms with Crippen LogP contribution in [0, 0.1) is 0 Å². The number of aromatic nitrogens is 1. The second-order valence-corrected chi connectivity index (χ2v) is 10.7. The van der Waals surface area contributed by atoms with E-state index in [0.29, 0.717) is 0 Å². The molecule has 0 radical (unpaired) electrons. The second kappa shape index (κ2) is 6.49. The summed E-state index contributed by atoms with van der Waals surface area (Å²) in [6.07, 6.45) is 0. The molecule has 1 aromatic heterocycles. The molecule has 1 N–H and O–H groups in total. The Labute approximate surface area is 176 Å². The van der Waals surface area contributed by atoms with E-state index in [1.54, 1.807) is 0 Å².